The van der Waals surface area contributed by atoms with Gasteiger partial charge in [-0.3, -0.25) is 4.99 Å². The number of sulfonamides is 1. The van der Waals surface area contributed by atoms with Gasteiger partial charge in [-0.25, -0.2) is 13.4 Å². The minimum absolute atomic E-state index is 0. The number of aromatic nitrogens is 2. The van der Waals surface area contributed by atoms with Crippen molar-refractivity contribution in [3.05, 3.63) is 41.9 Å². The monoisotopic (exact) mass is 575 g/mol. The summed E-state index contributed by atoms with van der Waals surface area (Å²) >= 11 is 0. The van der Waals surface area contributed by atoms with E-state index in [1.807, 2.05) is 12.3 Å². The Balaban J connectivity index is 0.00000289. The van der Waals surface area contributed by atoms with E-state index in [1.165, 1.54) is 23.4 Å². The molecule has 0 radical (unpaired) electrons. The smallest absolute Gasteiger partial charge is 0.220 e. The molecule has 12 heteroatoms. The second-order valence-corrected chi connectivity index (χ2v) is 9.72. The zero-order chi connectivity index (χ0) is 21.7. The Kier molecular flexibility index (Phi) is 8.71. The Morgan fingerprint density at radius 2 is 1.91 bits per heavy atom. The van der Waals surface area contributed by atoms with Crippen molar-refractivity contribution in [2.24, 2.45) is 4.99 Å². The van der Waals surface area contributed by atoms with Crippen LogP contribution in [0.15, 0.2) is 40.2 Å². The lowest BCUT2D eigenvalue weighted by molar-refractivity contribution is 0.259. The fourth-order valence-corrected chi connectivity index (χ4v) is 5.40. The van der Waals surface area contributed by atoms with E-state index in [4.69, 9.17) is 4.52 Å². The zero-order valence-corrected chi connectivity index (χ0v) is 21.3. The van der Waals surface area contributed by atoms with E-state index >= 15 is 0 Å². The first-order chi connectivity index (χ1) is 15.0. The van der Waals surface area contributed by atoms with Crippen LogP contribution in [0.2, 0.25) is 0 Å². The summed E-state index contributed by atoms with van der Waals surface area (Å²) < 4.78 is 31.5. The predicted molar refractivity (Wildman–Crippen MR) is 134 cm³/mol. The van der Waals surface area contributed by atoms with Gasteiger partial charge < -0.3 is 19.6 Å². The normalized spacial score (nSPS) is 18.0. The van der Waals surface area contributed by atoms with Crippen LogP contribution in [0.1, 0.15) is 24.1 Å². The van der Waals surface area contributed by atoms with E-state index < -0.39 is 10.0 Å². The van der Waals surface area contributed by atoms with Crippen LogP contribution in [0, 0.1) is 0 Å². The number of aliphatic imine (C=N–C) groups is 1. The van der Waals surface area contributed by atoms with Crippen LogP contribution >= 0.6 is 24.0 Å². The average molecular weight is 575 g/mol. The number of rotatable bonds is 6. The maximum absolute atomic E-state index is 12.6. The van der Waals surface area contributed by atoms with Crippen molar-refractivity contribution in [2.45, 2.75) is 25.1 Å². The lowest BCUT2D eigenvalue weighted by Crippen LogP contribution is -2.53. The molecule has 10 nitrogen and oxygen atoms in total. The summed E-state index contributed by atoms with van der Waals surface area (Å²) in [6.45, 7) is 4.75. The topological polar surface area (TPSA) is 107 Å². The highest BCUT2D eigenvalue weighted by molar-refractivity contribution is 14.0. The first kappa shape index (κ1) is 24.7. The standard InChI is InChI=1S/C20H29N7O3S.HI/c1-21-20(23-15-17-4-6-22-19(14-17)25-7-2-3-8-25)26-9-11-27(12-10-26)31(28,29)16-18-5-13-30-24-18;/h4-6,13-14H,2-3,7-12,15-16H2,1H3,(H,21,23);1H. The maximum atomic E-state index is 12.6. The van der Waals surface area contributed by atoms with Gasteiger partial charge in [0.05, 0.1) is 5.69 Å². The molecule has 4 rings (SSSR count). The summed E-state index contributed by atoms with van der Waals surface area (Å²) in [5.74, 6) is 1.66. The number of pyridine rings is 1. The second-order valence-electron chi connectivity index (χ2n) is 7.75. The van der Waals surface area contributed by atoms with Gasteiger partial charge in [-0.2, -0.15) is 4.31 Å². The lowest BCUT2D eigenvalue weighted by Gasteiger charge is -2.35. The van der Waals surface area contributed by atoms with Crippen molar-refractivity contribution in [1.29, 1.82) is 0 Å². The lowest BCUT2D eigenvalue weighted by atomic mass is 10.2. The largest absolute Gasteiger partial charge is 0.364 e. The average Bonchev–Trinajstić information content (AvgIpc) is 3.49. The molecule has 2 aliphatic rings. The second kappa shape index (κ2) is 11.3. The highest BCUT2D eigenvalue weighted by Crippen LogP contribution is 2.18. The Bertz CT molecular complexity index is 986. The summed E-state index contributed by atoms with van der Waals surface area (Å²) in [5.41, 5.74) is 1.57. The van der Waals surface area contributed by atoms with Crippen molar-refractivity contribution >= 4 is 45.8 Å². The van der Waals surface area contributed by atoms with Gasteiger partial charge in [0.15, 0.2) is 5.96 Å². The fourth-order valence-electron chi connectivity index (χ4n) is 3.97. The number of hydrogen-bond donors (Lipinski definition) is 1. The Morgan fingerprint density at radius 3 is 2.56 bits per heavy atom. The van der Waals surface area contributed by atoms with Crippen molar-refractivity contribution in [3.63, 3.8) is 0 Å². The summed E-state index contributed by atoms with van der Waals surface area (Å²) in [6, 6.07) is 5.71. The molecule has 2 aliphatic heterocycles. The molecule has 0 amide bonds. The molecule has 0 unspecified atom stereocenters. The minimum atomic E-state index is -3.42. The van der Waals surface area contributed by atoms with Gasteiger partial charge in [-0.15, -0.1) is 24.0 Å². The first-order valence-electron chi connectivity index (χ1n) is 10.6. The highest BCUT2D eigenvalue weighted by Gasteiger charge is 2.29. The van der Waals surface area contributed by atoms with E-state index in [-0.39, 0.29) is 29.7 Å². The fraction of sp³-hybridized carbons (Fsp3) is 0.550. The molecule has 0 aromatic carbocycles. The van der Waals surface area contributed by atoms with Crippen LogP contribution in [0.3, 0.4) is 0 Å². The van der Waals surface area contributed by atoms with Crippen molar-refractivity contribution < 1.29 is 12.9 Å². The molecule has 0 spiro atoms. The van der Waals surface area contributed by atoms with Gasteiger partial charge in [0, 0.05) is 65.1 Å². The van der Waals surface area contributed by atoms with E-state index in [2.05, 4.69) is 36.3 Å². The molecule has 1 N–H and O–H groups in total. The highest BCUT2D eigenvalue weighted by atomic mass is 127. The van der Waals surface area contributed by atoms with Crippen LogP contribution in [0.5, 0.6) is 0 Å². The van der Waals surface area contributed by atoms with Crippen molar-refractivity contribution in [1.82, 2.24) is 24.7 Å². The summed E-state index contributed by atoms with van der Waals surface area (Å²) in [7, 11) is -1.67. The Labute approximate surface area is 206 Å². The van der Waals surface area contributed by atoms with Crippen LogP contribution in [-0.4, -0.2) is 80.0 Å². The summed E-state index contributed by atoms with van der Waals surface area (Å²) in [5, 5.41) is 7.11. The van der Waals surface area contributed by atoms with Crippen LogP contribution < -0.4 is 10.2 Å². The Morgan fingerprint density at radius 1 is 1.16 bits per heavy atom. The zero-order valence-electron chi connectivity index (χ0n) is 18.2. The predicted octanol–water partition coefficient (Wildman–Crippen LogP) is 1.51. The number of guanidine groups is 1. The molecule has 0 saturated carbocycles. The molecule has 2 aromatic heterocycles. The number of halogens is 1. The number of nitrogens with zero attached hydrogens (tertiary/aromatic N) is 6. The molecule has 32 heavy (non-hydrogen) atoms. The Hall–Kier alpha value is -1.93. The van der Waals surface area contributed by atoms with Gasteiger partial charge in [-0.1, -0.05) is 5.16 Å². The van der Waals surface area contributed by atoms with Gasteiger partial charge >= 0.3 is 0 Å². The first-order valence-corrected chi connectivity index (χ1v) is 12.2. The van der Waals surface area contributed by atoms with Gasteiger partial charge in [0.2, 0.25) is 10.0 Å². The molecule has 0 bridgehead atoms. The quantitative estimate of drug-likeness (QED) is 0.314. The summed E-state index contributed by atoms with van der Waals surface area (Å²) in [4.78, 5) is 13.3. The van der Waals surface area contributed by atoms with Gasteiger partial charge in [0.25, 0.3) is 0 Å². The van der Waals surface area contributed by atoms with Gasteiger partial charge in [-0.05, 0) is 30.5 Å². The number of nitrogens with one attached hydrogen (secondary N) is 1. The third-order valence-corrected chi connectivity index (χ3v) is 7.47. The summed E-state index contributed by atoms with van der Waals surface area (Å²) in [6.07, 6.45) is 5.68. The molecule has 2 aromatic rings. The molecule has 2 fully saturated rings. The van der Waals surface area contributed by atoms with Crippen molar-refractivity contribution in [3.8, 4) is 0 Å². The molecule has 176 valence electrons. The van der Waals surface area contributed by atoms with E-state index in [0.29, 0.717) is 38.4 Å². The maximum Gasteiger partial charge on any atom is 0.220 e. The van der Waals surface area contributed by atoms with Crippen LogP contribution in [-0.2, 0) is 22.3 Å². The molecular weight excluding hydrogens is 545 g/mol. The van der Waals surface area contributed by atoms with Crippen LogP contribution in [0.25, 0.3) is 0 Å². The van der Waals surface area contributed by atoms with Gasteiger partial charge in [0.1, 0.15) is 17.8 Å². The van der Waals surface area contributed by atoms with E-state index in [9.17, 15) is 8.42 Å². The molecule has 4 heterocycles. The SMILES string of the molecule is CN=C(NCc1ccnc(N2CCCC2)c1)N1CCN(S(=O)(=O)Cc2ccon2)CC1.I. The number of hydrogen-bond acceptors (Lipinski definition) is 7. The van der Waals surface area contributed by atoms with Crippen LogP contribution in [0.4, 0.5) is 5.82 Å². The molecule has 0 aliphatic carbocycles. The number of piperazine rings is 1. The molecule has 0 atom stereocenters. The third kappa shape index (κ3) is 6.10. The minimum Gasteiger partial charge on any atom is -0.364 e. The number of anilines is 1. The molecule has 2 saturated heterocycles. The third-order valence-electron chi connectivity index (χ3n) is 5.66. The van der Waals surface area contributed by atoms with Crippen molar-refractivity contribution in [2.75, 3.05) is 51.2 Å². The molecular formula is C20H30IN7O3S. The van der Waals surface area contributed by atoms with E-state index in [0.717, 1.165) is 30.4 Å². The van der Waals surface area contributed by atoms with E-state index in [1.54, 1.807) is 13.1 Å².